The zero-order chi connectivity index (χ0) is 10.7. The fourth-order valence-electron chi connectivity index (χ4n) is 1.53. The Balaban J connectivity index is 2.17. The molecule has 2 heterocycles. The largest absolute Gasteiger partial charge is 0.379 e. The van der Waals surface area contributed by atoms with Gasteiger partial charge in [-0.05, 0) is 12.5 Å². The molecular formula is C10H11ClN2O2. The molecule has 4 nitrogen and oxygen atoms in total. The van der Waals surface area contributed by atoms with Gasteiger partial charge in [-0.2, -0.15) is 0 Å². The Kier molecular flexibility index (Phi) is 3.18. The molecule has 0 amide bonds. The van der Waals surface area contributed by atoms with Gasteiger partial charge < -0.3 is 10.1 Å². The maximum atomic E-state index is 10.8. The van der Waals surface area contributed by atoms with Gasteiger partial charge in [0.2, 0.25) is 0 Å². The molecule has 5 heteroatoms. The molecule has 1 aliphatic heterocycles. The number of nitrogens with zero attached hydrogens (tertiary/aromatic N) is 1. The van der Waals surface area contributed by atoms with Crippen LogP contribution in [0.5, 0.6) is 0 Å². The van der Waals surface area contributed by atoms with Gasteiger partial charge in [0.15, 0.2) is 6.29 Å². The highest BCUT2D eigenvalue weighted by molar-refractivity contribution is 6.29. The second-order valence-electron chi connectivity index (χ2n) is 3.42. The van der Waals surface area contributed by atoms with Gasteiger partial charge >= 0.3 is 0 Å². The first kappa shape index (κ1) is 10.4. The van der Waals surface area contributed by atoms with E-state index in [9.17, 15) is 4.79 Å². The van der Waals surface area contributed by atoms with Gasteiger partial charge in [0.05, 0.1) is 18.2 Å². The standard InChI is InChI=1S/C10H11ClN2O2/c11-10-3-9(7(5-14)4-12-10)13-8-1-2-15-6-8/h3-5,8H,1-2,6H2,(H,12,13). The van der Waals surface area contributed by atoms with Crippen LogP contribution in [0.4, 0.5) is 5.69 Å². The topological polar surface area (TPSA) is 51.2 Å². The Hall–Kier alpha value is -1.13. The van der Waals surface area contributed by atoms with Gasteiger partial charge in [-0.3, -0.25) is 4.79 Å². The Morgan fingerprint density at radius 1 is 1.67 bits per heavy atom. The van der Waals surface area contributed by atoms with Gasteiger partial charge in [0, 0.05) is 18.5 Å². The Bertz CT molecular complexity index is 364. The maximum absolute atomic E-state index is 10.8. The van der Waals surface area contributed by atoms with Crippen molar-refractivity contribution in [3.63, 3.8) is 0 Å². The van der Waals surface area contributed by atoms with E-state index in [2.05, 4.69) is 10.3 Å². The monoisotopic (exact) mass is 226 g/mol. The molecule has 80 valence electrons. The first-order valence-electron chi connectivity index (χ1n) is 4.74. The molecule has 1 N–H and O–H groups in total. The number of nitrogens with one attached hydrogen (secondary N) is 1. The molecule has 0 aliphatic carbocycles. The average Bonchev–Trinajstić information content (AvgIpc) is 2.71. The molecule has 0 aromatic carbocycles. The van der Waals surface area contributed by atoms with Crippen LogP contribution in [-0.4, -0.2) is 30.5 Å². The second-order valence-corrected chi connectivity index (χ2v) is 3.80. The molecule has 0 radical (unpaired) electrons. The molecule has 1 aromatic rings. The van der Waals surface area contributed by atoms with Crippen molar-refractivity contribution in [3.8, 4) is 0 Å². The molecule has 1 aliphatic rings. The van der Waals surface area contributed by atoms with Crippen molar-refractivity contribution in [3.05, 3.63) is 23.0 Å². The number of pyridine rings is 1. The van der Waals surface area contributed by atoms with E-state index in [0.717, 1.165) is 25.0 Å². The molecule has 15 heavy (non-hydrogen) atoms. The molecule has 1 fully saturated rings. The van der Waals surface area contributed by atoms with Crippen LogP contribution >= 0.6 is 11.6 Å². The van der Waals surface area contributed by atoms with E-state index in [0.29, 0.717) is 17.3 Å². The number of ether oxygens (including phenoxy) is 1. The van der Waals surface area contributed by atoms with Crippen LogP contribution in [0.25, 0.3) is 0 Å². The number of aromatic nitrogens is 1. The number of rotatable bonds is 3. The third-order valence-corrected chi connectivity index (χ3v) is 2.52. The number of halogens is 1. The zero-order valence-corrected chi connectivity index (χ0v) is 8.83. The normalized spacial score (nSPS) is 20.2. The summed E-state index contributed by atoms with van der Waals surface area (Å²) >= 11 is 5.76. The fraction of sp³-hybridized carbons (Fsp3) is 0.400. The third kappa shape index (κ3) is 2.46. The summed E-state index contributed by atoms with van der Waals surface area (Å²) in [5.74, 6) is 0. The predicted molar refractivity (Wildman–Crippen MR) is 57.5 cm³/mol. The highest BCUT2D eigenvalue weighted by atomic mass is 35.5. The van der Waals surface area contributed by atoms with Gasteiger partial charge in [-0.1, -0.05) is 11.6 Å². The van der Waals surface area contributed by atoms with Crippen LogP contribution in [0.15, 0.2) is 12.3 Å². The van der Waals surface area contributed by atoms with Gasteiger partial charge in [0.25, 0.3) is 0 Å². The zero-order valence-electron chi connectivity index (χ0n) is 8.07. The van der Waals surface area contributed by atoms with Crippen LogP contribution < -0.4 is 5.32 Å². The third-order valence-electron chi connectivity index (χ3n) is 2.32. The van der Waals surface area contributed by atoms with Crippen molar-refractivity contribution in [1.82, 2.24) is 4.98 Å². The summed E-state index contributed by atoms with van der Waals surface area (Å²) in [5.41, 5.74) is 1.24. The summed E-state index contributed by atoms with van der Waals surface area (Å²) in [7, 11) is 0. The van der Waals surface area contributed by atoms with E-state index in [-0.39, 0.29) is 6.04 Å². The number of hydrogen-bond donors (Lipinski definition) is 1. The van der Waals surface area contributed by atoms with Crippen LogP contribution in [0.2, 0.25) is 5.15 Å². The van der Waals surface area contributed by atoms with Crippen LogP contribution in [0.1, 0.15) is 16.8 Å². The Labute approximate surface area is 92.6 Å². The van der Waals surface area contributed by atoms with Gasteiger partial charge in [0.1, 0.15) is 5.15 Å². The number of carbonyl (C=O) groups excluding carboxylic acids is 1. The molecule has 1 aromatic heterocycles. The lowest BCUT2D eigenvalue weighted by Gasteiger charge is -2.13. The predicted octanol–water partition coefficient (Wildman–Crippen LogP) is 1.75. The number of carbonyl (C=O) groups is 1. The minimum atomic E-state index is 0.252. The van der Waals surface area contributed by atoms with Crippen LogP contribution in [0, 0.1) is 0 Å². The molecule has 1 atom stereocenters. The molecule has 2 rings (SSSR count). The SMILES string of the molecule is O=Cc1cnc(Cl)cc1NC1CCOC1. The lowest BCUT2D eigenvalue weighted by atomic mass is 10.2. The van der Waals surface area contributed by atoms with E-state index in [1.54, 1.807) is 6.07 Å². The van der Waals surface area contributed by atoms with Crippen molar-refractivity contribution in [2.24, 2.45) is 0 Å². The van der Waals surface area contributed by atoms with Crippen molar-refractivity contribution in [2.45, 2.75) is 12.5 Å². The quantitative estimate of drug-likeness (QED) is 0.630. The molecular weight excluding hydrogens is 216 g/mol. The minimum absolute atomic E-state index is 0.252. The molecule has 1 saturated heterocycles. The summed E-state index contributed by atoms with van der Waals surface area (Å²) in [6, 6.07) is 1.91. The van der Waals surface area contributed by atoms with E-state index >= 15 is 0 Å². The fourth-order valence-corrected chi connectivity index (χ4v) is 1.69. The molecule has 0 bridgehead atoms. The molecule has 0 spiro atoms. The summed E-state index contributed by atoms with van der Waals surface area (Å²) in [4.78, 5) is 14.6. The average molecular weight is 227 g/mol. The van der Waals surface area contributed by atoms with E-state index in [4.69, 9.17) is 16.3 Å². The van der Waals surface area contributed by atoms with Crippen molar-refractivity contribution < 1.29 is 9.53 Å². The smallest absolute Gasteiger partial charge is 0.153 e. The summed E-state index contributed by atoms with van der Waals surface area (Å²) in [5, 5.41) is 3.60. The summed E-state index contributed by atoms with van der Waals surface area (Å²) in [6.45, 7) is 1.42. The first-order valence-corrected chi connectivity index (χ1v) is 5.12. The minimum Gasteiger partial charge on any atom is -0.379 e. The summed E-state index contributed by atoms with van der Waals surface area (Å²) < 4.78 is 5.23. The van der Waals surface area contributed by atoms with Crippen LogP contribution in [-0.2, 0) is 4.74 Å². The molecule has 1 unspecified atom stereocenters. The summed E-state index contributed by atoms with van der Waals surface area (Å²) in [6.07, 6.45) is 3.17. The van der Waals surface area contributed by atoms with Crippen molar-refractivity contribution >= 4 is 23.6 Å². The van der Waals surface area contributed by atoms with Crippen molar-refractivity contribution in [1.29, 1.82) is 0 Å². The maximum Gasteiger partial charge on any atom is 0.153 e. The lowest BCUT2D eigenvalue weighted by molar-refractivity contribution is 0.112. The van der Waals surface area contributed by atoms with Crippen LogP contribution in [0.3, 0.4) is 0 Å². The van der Waals surface area contributed by atoms with Crippen molar-refractivity contribution in [2.75, 3.05) is 18.5 Å². The second kappa shape index (κ2) is 4.59. The molecule has 0 saturated carbocycles. The number of aldehydes is 1. The van der Waals surface area contributed by atoms with Gasteiger partial charge in [-0.25, -0.2) is 4.98 Å². The van der Waals surface area contributed by atoms with E-state index < -0.39 is 0 Å². The Morgan fingerprint density at radius 2 is 2.53 bits per heavy atom. The number of hydrogen-bond acceptors (Lipinski definition) is 4. The van der Waals surface area contributed by atoms with E-state index in [1.807, 2.05) is 0 Å². The van der Waals surface area contributed by atoms with E-state index in [1.165, 1.54) is 6.20 Å². The Morgan fingerprint density at radius 3 is 3.20 bits per heavy atom. The first-order chi connectivity index (χ1) is 7.29. The van der Waals surface area contributed by atoms with Gasteiger partial charge in [-0.15, -0.1) is 0 Å². The lowest BCUT2D eigenvalue weighted by Crippen LogP contribution is -2.19. The number of anilines is 1. The highest BCUT2D eigenvalue weighted by Crippen LogP contribution is 2.20. The highest BCUT2D eigenvalue weighted by Gasteiger charge is 2.16.